The maximum atomic E-state index is 4.55. The molecular weight excluding hydrogens is 302 g/mol. The molecule has 2 saturated heterocycles. The van der Waals surface area contributed by atoms with Crippen molar-refractivity contribution in [1.82, 2.24) is 34.5 Å². The number of hydrogen-bond donors (Lipinski definition) is 1. The van der Waals surface area contributed by atoms with Crippen LogP contribution in [-0.2, 0) is 20.1 Å². The van der Waals surface area contributed by atoms with Gasteiger partial charge in [-0.1, -0.05) is 0 Å². The summed E-state index contributed by atoms with van der Waals surface area (Å²) in [6.45, 7) is 6.47. The number of aromatic nitrogens is 5. The molecule has 2 aliphatic heterocycles. The summed E-state index contributed by atoms with van der Waals surface area (Å²) in [7, 11) is 2.13. The lowest BCUT2D eigenvalue weighted by Gasteiger charge is -2.31. The minimum atomic E-state index is 0.478. The molecule has 0 spiro atoms. The van der Waals surface area contributed by atoms with E-state index in [1.165, 1.54) is 44.5 Å². The minimum absolute atomic E-state index is 0.478. The van der Waals surface area contributed by atoms with E-state index in [1.807, 2.05) is 6.20 Å². The van der Waals surface area contributed by atoms with E-state index in [-0.39, 0.29) is 0 Å². The molecule has 0 aromatic carbocycles. The highest BCUT2D eigenvalue weighted by molar-refractivity contribution is 5.05. The molecule has 1 atom stereocenters. The van der Waals surface area contributed by atoms with E-state index in [2.05, 4.69) is 41.6 Å². The lowest BCUT2D eigenvalue weighted by Crippen LogP contribution is -2.35. The Balaban J connectivity index is 1.42. The van der Waals surface area contributed by atoms with Gasteiger partial charge in [0.2, 0.25) is 0 Å². The Hall–Kier alpha value is -1.73. The van der Waals surface area contributed by atoms with Gasteiger partial charge in [0.25, 0.3) is 0 Å². The largest absolute Gasteiger partial charge is 0.347 e. The van der Waals surface area contributed by atoms with E-state index in [0.717, 1.165) is 37.8 Å². The Morgan fingerprint density at radius 1 is 1.08 bits per heavy atom. The number of H-pyrrole nitrogens is 1. The third kappa shape index (κ3) is 3.37. The predicted molar refractivity (Wildman–Crippen MR) is 91.4 cm³/mol. The van der Waals surface area contributed by atoms with Gasteiger partial charge in [0.05, 0.1) is 12.9 Å². The molecule has 0 amide bonds. The van der Waals surface area contributed by atoms with Gasteiger partial charge in [0, 0.05) is 37.9 Å². The molecule has 0 aliphatic carbocycles. The smallest absolute Gasteiger partial charge is 0.146 e. The highest BCUT2D eigenvalue weighted by Gasteiger charge is 2.26. The van der Waals surface area contributed by atoms with E-state index in [0.29, 0.717) is 5.92 Å². The van der Waals surface area contributed by atoms with Crippen LogP contribution < -0.4 is 0 Å². The first-order chi connectivity index (χ1) is 11.8. The average molecular weight is 329 g/mol. The second kappa shape index (κ2) is 7.03. The predicted octanol–water partition coefficient (Wildman–Crippen LogP) is 1.51. The molecule has 2 fully saturated rings. The third-order valence-electron chi connectivity index (χ3n) is 5.38. The summed E-state index contributed by atoms with van der Waals surface area (Å²) in [5.74, 6) is 2.74. The molecule has 7 heteroatoms. The maximum absolute atomic E-state index is 4.55. The maximum Gasteiger partial charge on any atom is 0.146 e. The number of piperidine rings is 1. The summed E-state index contributed by atoms with van der Waals surface area (Å²) < 4.78 is 2.24. The quantitative estimate of drug-likeness (QED) is 0.901. The van der Waals surface area contributed by atoms with Gasteiger partial charge in [-0.15, -0.1) is 10.2 Å². The third-order valence-corrected chi connectivity index (χ3v) is 5.38. The fourth-order valence-corrected chi connectivity index (χ4v) is 4.03. The Labute approximate surface area is 143 Å². The van der Waals surface area contributed by atoms with Crippen molar-refractivity contribution in [3.05, 3.63) is 29.9 Å². The van der Waals surface area contributed by atoms with Gasteiger partial charge in [0.1, 0.15) is 11.6 Å². The van der Waals surface area contributed by atoms with Crippen LogP contribution in [0.4, 0.5) is 0 Å². The van der Waals surface area contributed by atoms with Gasteiger partial charge in [0.15, 0.2) is 0 Å². The van der Waals surface area contributed by atoms with Crippen LogP contribution in [0.3, 0.4) is 0 Å². The Kier molecular flexibility index (Phi) is 4.62. The number of nitrogens with one attached hydrogen (secondary N) is 1. The second-order valence-corrected chi connectivity index (χ2v) is 7.17. The molecule has 7 nitrogen and oxygen atoms in total. The second-order valence-electron chi connectivity index (χ2n) is 7.17. The number of rotatable bonds is 5. The number of nitrogens with zero attached hydrogens (tertiary/aromatic N) is 6. The van der Waals surface area contributed by atoms with Crippen molar-refractivity contribution in [2.75, 3.05) is 26.2 Å². The molecule has 0 bridgehead atoms. The number of likely N-dealkylation sites (tertiary alicyclic amines) is 2. The monoisotopic (exact) mass is 329 g/mol. The van der Waals surface area contributed by atoms with Crippen LogP contribution in [0.15, 0.2) is 12.5 Å². The highest BCUT2D eigenvalue weighted by Crippen LogP contribution is 2.27. The normalized spacial score (nSPS) is 23.1. The topological polar surface area (TPSA) is 65.9 Å². The summed E-state index contributed by atoms with van der Waals surface area (Å²) in [5.41, 5.74) is 1.18. The van der Waals surface area contributed by atoms with Crippen LogP contribution in [0, 0.1) is 0 Å². The van der Waals surface area contributed by atoms with E-state index >= 15 is 0 Å². The van der Waals surface area contributed by atoms with Crippen molar-refractivity contribution in [3.8, 4) is 0 Å². The van der Waals surface area contributed by atoms with Crippen LogP contribution in [-0.4, -0.2) is 60.7 Å². The SMILES string of the molecule is Cn1c(CN2CCCC2)nnc1[C@H]1CCCN(Cc2cnc[nH]2)C1. The summed E-state index contributed by atoms with van der Waals surface area (Å²) >= 11 is 0. The molecule has 4 rings (SSSR count). The van der Waals surface area contributed by atoms with E-state index in [4.69, 9.17) is 0 Å². The van der Waals surface area contributed by atoms with Crippen molar-refractivity contribution in [2.24, 2.45) is 7.05 Å². The van der Waals surface area contributed by atoms with Crippen LogP contribution in [0.5, 0.6) is 0 Å². The first-order valence-electron chi connectivity index (χ1n) is 9.10. The summed E-state index contributed by atoms with van der Waals surface area (Å²) in [4.78, 5) is 12.3. The Morgan fingerprint density at radius 2 is 1.92 bits per heavy atom. The van der Waals surface area contributed by atoms with Gasteiger partial charge >= 0.3 is 0 Å². The standard InChI is InChI=1S/C17H27N7/c1-22-16(12-23-6-2-3-7-23)20-21-17(22)14-5-4-8-24(10-14)11-15-9-18-13-19-15/h9,13-14H,2-8,10-12H2,1H3,(H,18,19)/t14-/m0/s1. The Morgan fingerprint density at radius 3 is 2.71 bits per heavy atom. The first-order valence-corrected chi connectivity index (χ1v) is 9.10. The van der Waals surface area contributed by atoms with Gasteiger partial charge in [-0.25, -0.2) is 4.98 Å². The molecule has 0 saturated carbocycles. The summed E-state index contributed by atoms with van der Waals surface area (Å²) in [5, 5.41) is 9.04. The van der Waals surface area contributed by atoms with Gasteiger partial charge in [-0.3, -0.25) is 9.80 Å². The van der Waals surface area contributed by atoms with Crippen LogP contribution in [0.25, 0.3) is 0 Å². The molecular formula is C17H27N7. The van der Waals surface area contributed by atoms with Gasteiger partial charge in [-0.05, 0) is 45.3 Å². The lowest BCUT2D eigenvalue weighted by atomic mass is 9.97. The zero-order chi connectivity index (χ0) is 16.4. The number of hydrogen-bond acceptors (Lipinski definition) is 5. The van der Waals surface area contributed by atoms with E-state index in [1.54, 1.807) is 6.33 Å². The van der Waals surface area contributed by atoms with Crippen molar-refractivity contribution >= 4 is 0 Å². The van der Waals surface area contributed by atoms with Crippen molar-refractivity contribution in [2.45, 2.75) is 44.7 Å². The molecule has 2 aromatic heterocycles. The average Bonchev–Trinajstić information content (AvgIpc) is 3.33. The van der Waals surface area contributed by atoms with Crippen molar-refractivity contribution < 1.29 is 0 Å². The molecule has 4 heterocycles. The highest BCUT2D eigenvalue weighted by atomic mass is 15.3. The molecule has 2 aliphatic rings. The molecule has 1 N–H and O–H groups in total. The fourth-order valence-electron chi connectivity index (χ4n) is 4.03. The first kappa shape index (κ1) is 15.8. The number of aromatic amines is 1. The molecule has 2 aromatic rings. The molecule has 0 radical (unpaired) electrons. The van der Waals surface area contributed by atoms with Crippen LogP contribution in [0.1, 0.15) is 48.9 Å². The molecule has 130 valence electrons. The van der Waals surface area contributed by atoms with Gasteiger partial charge in [-0.2, -0.15) is 0 Å². The van der Waals surface area contributed by atoms with Crippen molar-refractivity contribution in [3.63, 3.8) is 0 Å². The molecule has 24 heavy (non-hydrogen) atoms. The Bertz CT molecular complexity index is 642. The van der Waals surface area contributed by atoms with E-state index < -0.39 is 0 Å². The van der Waals surface area contributed by atoms with Crippen LogP contribution in [0.2, 0.25) is 0 Å². The van der Waals surface area contributed by atoms with Crippen molar-refractivity contribution in [1.29, 1.82) is 0 Å². The summed E-state index contributed by atoms with van der Waals surface area (Å²) in [6.07, 6.45) is 8.72. The fraction of sp³-hybridized carbons (Fsp3) is 0.706. The van der Waals surface area contributed by atoms with E-state index in [9.17, 15) is 0 Å². The number of imidazole rings is 1. The minimum Gasteiger partial charge on any atom is -0.347 e. The lowest BCUT2D eigenvalue weighted by molar-refractivity contribution is 0.193. The molecule has 0 unspecified atom stereocenters. The summed E-state index contributed by atoms with van der Waals surface area (Å²) in [6, 6.07) is 0. The van der Waals surface area contributed by atoms with Crippen LogP contribution >= 0.6 is 0 Å². The zero-order valence-corrected chi connectivity index (χ0v) is 14.5. The zero-order valence-electron chi connectivity index (χ0n) is 14.5. The van der Waals surface area contributed by atoms with Gasteiger partial charge < -0.3 is 9.55 Å².